The highest BCUT2D eigenvalue weighted by Crippen LogP contribution is 2.49. The Morgan fingerprint density at radius 3 is 2.33 bits per heavy atom. The van der Waals surface area contributed by atoms with Crippen LogP contribution < -0.4 is 11.1 Å². The Hall–Kier alpha value is -1.36. The van der Waals surface area contributed by atoms with Crippen LogP contribution in [0.2, 0.25) is 0 Å². The first-order valence-electron chi connectivity index (χ1n) is 11.4. The van der Waals surface area contributed by atoms with Crippen LogP contribution in [0.1, 0.15) is 88.3 Å². The quantitative estimate of drug-likeness (QED) is 0.842. The molecule has 3 N–H and O–H groups in total. The average molecular weight is 370 g/mol. The van der Waals surface area contributed by atoms with E-state index in [-0.39, 0.29) is 0 Å². The second-order valence-corrected chi connectivity index (χ2v) is 9.49. The molecule has 1 aromatic heterocycles. The third-order valence-corrected chi connectivity index (χ3v) is 7.86. The smallest absolute Gasteiger partial charge is 0.222 e. The van der Waals surface area contributed by atoms with Crippen LogP contribution in [-0.2, 0) is 11.8 Å². The number of nitrogens with two attached hydrogens (primary N) is 1. The number of nitrogens with one attached hydrogen (secondary N) is 1. The van der Waals surface area contributed by atoms with Gasteiger partial charge in [-0.05, 0) is 83.7 Å². The van der Waals surface area contributed by atoms with Gasteiger partial charge in [-0.15, -0.1) is 0 Å². The van der Waals surface area contributed by atoms with Crippen molar-refractivity contribution in [1.29, 1.82) is 0 Å². The average Bonchev–Trinajstić information content (AvgIpc) is 3.36. The number of rotatable bonds is 3. The fraction of sp³-hybridized carbons (Fsp3) is 0.818. The molecule has 0 amide bonds. The monoisotopic (exact) mass is 369 g/mol. The molecule has 27 heavy (non-hydrogen) atoms. The molecule has 0 bridgehead atoms. The van der Waals surface area contributed by atoms with E-state index in [4.69, 9.17) is 10.7 Å². The van der Waals surface area contributed by atoms with Gasteiger partial charge in [-0.1, -0.05) is 12.8 Å². The van der Waals surface area contributed by atoms with Crippen molar-refractivity contribution >= 4 is 11.8 Å². The fourth-order valence-electron chi connectivity index (χ4n) is 6.44. The van der Waals surface area contributed by atoms with Crippen molar-refractivity contribution in [3.8, 4) is 0 Å². The number of hydrogen-bond donors (Lipinski definition) is 2. The minimum atomic E-state index is 0.300. The topological polar surface area (TPSA) is 67.1 Å². The second-order valence-electron chi connectivity index (χ2n) is 9.49. The molecule has 5 rings (SSSR count). The highest BCUT2D eigenvalue weighted by molar-refractivity contribution is 5.53. The van der Waals surface area contributed by atoms with E-state index < -0.39 is 0 Å². The normalized spacial score (nSPS) is 30.5. The van der Waals surface area contributed by atoms with Crippen LogP contribution in [0.5, 0.6) is 0 Å². The van der Waals surface area contributed by atoms with Crippen molar-refractivity contribution in [1.82, 2.24) is 14.9 Å². The Morgan fingerprint density at radius 1 is 0.889 bits per heavy atom. The summed E-state index contributed by atoms with van der Waals surface area (Å²) in [4.78, 5) is 12.2. The molecule has 5 nitrogen and oxygen atoms in total. The maximum absolute atomic E-state index is 6.17. The van der Waals surface area contributed by atoms with Crippen LogP contribution in [-0.4, -0.2) is 40.0 Å². The number of nitrogen functional groups attached to an aromatic ring is 1. The van der Waals surface area contributed by atoms with E-state index in [0.29, 0.717) is 17.4 Å². The highest BCUT2D eigenvalue weighted by atomic mass is 15.2. The minimum absolute atomic E-state index is 0.300. The summed E-state index contributed by atoms with van der Waals surface area (Å²) < 4.78 is 0. The minimum Gasteiger partial charge on any atom is -0.368 e. The third-order valence-electron chi connectivity index (χ3n) is 7.86. The van der Waals surface area contributed by atoms with Crippen molar-refractivity contribution in [2.24, 2.45) is 0 Å². The summed E-state index contributed by atoms with van der Waals surface area (Å²) in [7, 11) is 0. The summed E-state index contributed by atoms with van der Waals surface area (Å²) in [5.74, 6) is 1.53. The third kappa shape index (κ3) is 3.32. The molecule has 2 heterocycles. The van der Waals surface area contributed by atoms with E-state index in [9.17, 15) is 0 Å². The molecule has 4 aliphatic rings. The lowest BCUT2D eigenvalue weighted by Gasteiger charge is -2.37. The predicted molar refractivity (Wildman–Crippen MR) is 110 cm³/mol. The standard InChI is InChI=1S/C22H35N5/c23-21-25-19-18(6-5-13-22(19)11-1-2-12-22)20(26-21)24-16-7-9-17(10-8-16)27-14-3-4-15-27/h16-17H,1-15H2,(H3,23,24,25,26)/t16-,17-. The molecule has 5 heteroatoms. The molecule has 1 aromatic rings. The molecular weight excluding hydrogens is 334 g/mol. The lowest BCUT2D eigenvalue weighted by atomic mass is 9.71. The fourth-order valence-corrected chi connectivity index (χ4v) is 6.44. The zero-order valence-corrected chi connectivity index (χ0v) is 16.7. The summed E-state index contributed by atoms with van der Waals surface area (Å²) in [6, 6.07) is 1.36. The lowest BCUT2D eigenvalue weighted by Crippen LogP contribution is -2.39. The van der Waals surface area contributed by atoms with Crippen molar-refractivity contribution < 1.29 is 0 Å². The van der Waals surface area contributed by atoms with Crippen molar-refractivity contribution in [2.75, 3.05) is 24.1 Å². The summed E-state index contributed by atoms with van der Waals surface area (Å²) >= 11 is 0. The van der Waals surface area contributed by atoms with Gasteiger partial charge in [0.1, 0.15) is 5.82 Å². The zero-order chi connectivity index (χ0) is 18.3. The first-order valence-corrected chi connectivity index (χ1v) is 11.4. The lowest BCUT2D eigenvalue weighted by molar-refractivity contribution is 0.186. The van der Waals surface area contributed by atoms with Gasteiger partial charge in [-0.25, -0.2) is 4.98 Å². The van der Waals surface area contributed by atoms with E-state index >= 15 is 0 Å². The number of fused-ring (bicyclic) bond motifs is 2. The summed E-state index contributed by atoms with van der Waals surface area (Å²) in [5.41, 5.74) is 9.16. The Labute approximate surface area is 163 Å². The molecule has 1 aliphatic heterocycles. The molecule has 0 radical (unpaired) electrons. The van der Waals surface area contributed by atoms with Gasteiger partial charge in [-0.2, -0.15) is 4.98 Å². The van der Waals surface area contributed by atoms with E-state index in [1.54, 1.807) is 0 Å². The summed E-state index contributed by atoms with van der Waals surface area (Å²) in [6.07, 6.45) is 16.9. The van der Waals surface area contributed by atoms with E-state index in [1.165, 1.54) is 101 Å². The van der Waals surface area contributed by atoms with Crippen LogP contribution in [0.15, 0.2) is 0 Å². The molecule has 3 aliphatic carbocycles. The van der Waals surface area contributed by atoms with Gasteiger partial charge >= 0.3 is 0 Å². The summed E-state index contributed by atoms with van der Waals surface area (Å²) in [6.45, 7) is 2.64. The van der Waals surface area contributed by atoms with Crippen LogP contribution >= 0.6 is 0 Å². The van der Waals surface area contributed by atoms with Gasteiger partial charge < -0.3 is 16.0 Å². The number of hydrogen-bond acceptors (Lipinski definition) is 5. The first kappa shape index (κ1) is 17.7. The molecule has 0 aromatic carbocycles. The Balaban J connectivity index is 1.32. The molecule has 0 unspecified atom stereocenters. The first-order chi connectivity index (χ1) is 13.2. The van der Waals surface area contributed by atoms with Crippen molar-refractivity contribution in [3.63, 3.8) is 0 Å². The highest BCUT2D eigenvalue weighted by Gasteiger charge is 2.42. The van der Waals surface area contributed by atoms with Crippen LogP contribution in [0, 0.1) is 0 Å². The van der Waals surface area contributed by atoms with E-state index in [0.717, 1.165) is 18.3 Å². The van der Waals surface area contributed by atoms with Gasteiger partial charge in [0, 0.05) is 23.1 Å². The van der Waals surface area contributed by atoms with Gasteiger partial charge in [0.05, 0.1) is 5.69 Å². The van der Waals surface area contributed by atoms with Crippen molar-refractivity contribution in [3.05, 3.63) is 11.3 Å². The van der Waals surface area contributed by atoms with Crippen molar-refractivity contribution in [2.45, 2.75) is 101 Å². The summed E-state index contributed by atoms with van der Waals surface area (Å²) in [5, 5.41) is 3.82. The maximum atomic E-state index is 6.17. The Bertz CT molecular complexity index is 668. The number of anilines is 2. The number of aromatic nitrogens is 2. The maximum Gasteiger partial charge on any atom is 0.222 e. The second kappa shape index (κ2) is 7.23. The molecule has 1 spiro atoms. The van der Waals surface area contributed by atoms with Crippen LogP contribution in [0.4, 0.5) is 11.8 Å². The van der Waals surface area contributed by atoms with E-state index in [1.807, 2.05) is 0 Å². The van der Waals surface area contributed by atoms with Gasteiger partial charge in [-0.3, -0.25) is 0 Å². The Morgan fingerprint density at radius 2 is 1.59 bits per heavy atom. The van der Waals surface area contributed by atoms with Gasteiger partial charge in [0.15, 0.2) is 0 Å². The number of likely N-dealkylation sites (tertiary alicyclic amines) is 1. The molecule has 3 fully saturated rings. The largest absolute Gasteiger partial charge is 0.368 e. The van der Waals surface area contributed by atoms with Gasteiger partial charge in [0.25, 0.3) is 0 Å². The molecular formula is C22H35N5. The van der Waals surface area contributed by atoms with Crippen LogP contribution in [0.3, 0.4) is 0 Å². The molecule has 148 valence electrons. The zero-order valence-electron chi connectivity index (χ0n) is 16.7. The predicted octanol–water partition coefficient (Wildman–Crippen LogP) is 4.03. The van der Waals surface area contributed by atoms with Crippen LogP contribution in [0.25, 0.3) is 0 Å². The van der Waals surface area contributed by atoms with Gasteiger partial charge in [0.2, 0.25) is 5.95 Å². The van der Waals surface area contributed by atoms with E-state index in [2.05, 4.69) is 15.2 Å². The SMILES string of the molecule is Nc1nc(N[C@H]2CC[C@H](N3CCCC3)CC2)c2c(n1)C1(CCCC1)CCC2. The number of nitrogens with zero attached hydrogens (tertiary/aromatic N) is 3. The molecule has 0 atom stereocenters. The Kier molecular flexibility index (Phi) is 4.75. The molecule has 1 saturated heterocycles. The molecule has 2 saturated carbocycles.